The van der Waals surface area contributed by atoms with Crippen molar-refractivity contribution >= 4 is 12.2 Å². The number of aromatic hydroxyl groups is 1. The number of alkyl halides is 3. The zero-order valence-corrected chi connectivity index (χ0v) is 10.0. The molecule has 2 aromatic rings. The lowest BCUT2D eigenvalue weighted by molar-refractivity contribution is -0.137. The molecule has 19 heavy (non-hydrogen) atoms. The van der Waals surface area contributed by atoms with Gasteiger partial charge in [-0.25, -0.2) is 0 Å². The van der Waals surface area contributed by atoms with Crippen LogP contribution >= 0.6 is 12.2 Å². The van der Waals surface area contributed by atoms with Crippen LogP contribution in [0.5, 0.6) is 5.88 Å². The number of H-pyrrole nitrogens is 1. The fourth-order valence-electron chi connectivity index (χ4n) is 1.55. The molecule has 1 aromatic carbocycles. The standard InChI is InChI=1S/C11H7F3N2O2S/c12-11(13,14)6-2-1-3-7(4-6)16-9(18)5-8(17)15-10(16)19/h1-5,17H,(H,15,19). The quantitative estimate of drug-likeness (QED) is 0.793. The Balaban J connectivity index is 2.68. The zero-order chi connectivity index (χ0) is 14.2. The Labute approximate surface area is 109 Å². The summed E-state index contributed by atoms with van der Waals surface area (Å²) in [6.07, 6.45) is -4.51. The molecule has 0 aliphatic carbocycles. The zero-order valence-electron chi connectivity index (χ0n) is 9.23. The third kappa shape index (κ3) is 2.68. The SMILES string of the molecule is O=c1cc(O)[nH]c(=S)n1-c1cccc(C(F)(F)F)c1. The first-order valence-electron chi connectivity index (χ1n) is 5.02. The Morgan fingerprint density at radius 1 is 1.26 bits per heavy atom. The molecule has 2 N–H and O–H groups in total. The summed E-state index contributed by atoms with van der Waals surface area (Å²) >= 11 is 4.81. The van der Waals surface area contributed by atoms with E-state index in [-0.39, 0.29) is 10.5 Å². The van der Waals surface area contributed by atoms with Crippen LogP contribution < -0.4 is 5.56 Å². The van der Waals surface area contributed by atoms with E-state index in [4.69, 9.17) is 17.3 Å². The molecule has 0 fully saturated rings. The maximum Gasteiger partial charge on any atom is 0.416 e. The molecule has 2 rings (SSSR count). The summed E-state index contributed by atoms with van der Waals surface area (Å²) in [4.78, 5) is 13.9. The number of aromatic amines is 1. The van der Waals surface area contributed by atoms with E-state index >= 15 is 0 Å². The number of aromatic nitrogens is 2. The van der Waals surface area contributed by atoms with Crippen LogP contribution in [0.15, 0.2) is 35.1 Å². The molecule has 8 heteroatoms. The third-order valence-electron chi connectivity index (χ3n) is 2.35. The van der Waals surface area contributed by atoms with E-state index in [0.717, 1.165) is 22.8 Å². The molecule has 1 heterocycles. The maximum atomic E-state index is 12.6. The van der Waals surface area contributed by atoms with Crippen molar-refractivity contribution in [3.05, 3.63) is 51.0 Å². The molecule has 4 nitrogen and oxygen atoms in total. The number of rotatable bonds is 1. The highest BCUT2D eigenvalue weighted by atomic mass is 32.1. The first-order chi connectivity index (χ1) is 8.79. The van der Waals surface area contributed by atoms with Gasteiger partial charge in [0.15, 0.2) is 10.7 Å². The van der Waals surface area contributed by atoms with Crippen LogP contribution in [0.1, 0.15) is 5.56 Å². The highest BCUT2D eigenvalue weighted by Gasteiger charge is 2.30. The lowest BCUT2D eigenvalue weighted by atomic mass is 10.2. The fraction of sp³-hybridized carbons (Fsp3) is 0.0909. The lowest BCUT2D eigenvalue weighted by Gasteiger charge is -2.10. The van der Waals surface area contributed by atoms with Gasteiger partial charge >= 0.3 is 6.18 Å². The van der Waals surface area contributed by atoms with Crippen LogP contribution in [0, 0.1) is 4.77 Å². The smallest absolute Gasteiger partial charge is 0.416 e. The summed E-state index contributed by atoms with van der Waals surface area (Å²) in [6, 6.07) is 5.02. The molecule has 0 bridgehead atoms. The monoisotopic (exact) mass is 288 g/mol. The van der Waals surface area contributed by atoms with Gasteiger partial charge < -0.3 is 10.1 Å². The van der Waals surface area contributed by atoms with Crippen LogP contribution in [0.3, 0.4) is 0 Å². The number of halogens is 3. The van der Waals surface area contributed by atoms with E-state index in [1.165, 1.54) is 12.1 Å². The number of nitrogens with one attached hydrogen (secondary N) is 1. The number of hydrogen-bond donors (Lipinski definition) is 2. The fourth-order valence-corrected chi connectivity index (χ4v) is 1.85. The summed E-state index contributed by atoms with van der Waals surface area (Å²) in [7, 11) is 0. The summed E-state index contributed by atoms with van der Waals surface area (Å²) < 4.78 is 38.4. The Morgan fingerprint density at radius 2 is 1.95 bits per heavy atom. The van der Waals surface area contributed by atoms with Crippen molar-refractivity contribution in [2.24, 2.45) is 0 Å². The Hall–Kier alpha value is -2.09. The average Bonchev–Trinajstić information content (AvgIpc) is 2.26. The second-order valence-electron chi connectivity index (χ2n) is 3.68. The Morgan fingerprint density at radius 3 is 2.53 bits per heavy atom. The predicted molar refractivity (Wildman–Crippen MR) is 63.9 cm³/mol. The van der Waals surface area contributed by atoms with Gasteiger partial charge in [-0.05, 0) is 30.4 Å². The second kappa shape index (κ2) is 4.54. The maximum absolute atomic E-state index is 12.6. The largest absolute Gasteiger partial charge is 0.494 e. The third-order valence-corrected chi connectivity index (χ3v) is 2.63. The molecule has 0 saturated carbocycles. The molecule has 0 aliphatic rings. The first kappa shape index (κ1) is 13.3. The van der Waals surface area contributed by atoms with E-state index < -0.39 is 23.2 Å². The van der Waals surface area contributed by atoms with Crippen molar-refractivity contribution in [3.63, 3.8) is 0 Å². The van der Waals surface area contributed by atoms with E-state index in [0.29, 0.717) is 0 Å². The minimum absolute atomic E-state index is 0.0268. The van der Waals surface area contributed by atoms with Crippen molar-refractivity contribution in [2.75, 3.05) is 0 Å². The summed E-state index contributed by atoms with van der Waals surface area (Å²) in [5.41, 5.74) is -1.64. The van der Waals surface area contributed by atoms with Gasteiger partial charge in [0.1, 0.15) is 0 Å². The van der Waals surface area contributed by atoms with Crippen molar-refractivity contribution in [3.8, 4) is 11.6 Å². The molecule has 0 atom stereocenters. The van der Waals surface area contributed by atoms with Gasteiger partial charge in [0.25, 0.3) is 5.56 Å². The topological polar surface area (TPSA) is 58.0 Å². The van der Waals surface area contributed by atoms with Gasteiger partial charge in [-0.1, -0.05) is 6.07 Å². The van der Waals surface area contributed by atoms with Gasteiger partial charge in [-0.3, -0.25) is 9.36 Å². The molecular weight excluding hydrogens is 281 g/mol. The van der Waals surface area contributed by atoms with Gasteiger partial charge in [0.2, 0.25) is 0 Å². The normalized spacial score (nSPS) is 11.5. The molecule has 0 aliphatic heterocycles. The van der Waals surface area contributed by atoms with Crippen molar-refractivity contribution < 1.29 is 18.3 Å². The summed E-state index contributed by atoms with van der Waals surface area (Å²) in [5.74, 6) is -0.446. The second-order valence-corrected chi connectivity index (χ2v) is 4.07. The predicted octanol–water partition coefficient (Wildman–Crippen LogP) is 2.62. The van der Waals surface area contributed by atoms with E-state index in [9.17, 15) is 18.0 Å². The van der Waals surface area contributed by atoms with Crippen molar-refractivity contribution in [2.45, 2.75) is 6.18 Å². The van der Waals surface area contributed by atoms with Gasteiger partial charge in [0, 0.05) is 0 Å². The van der Waals surface area contributed by atoms with E-state index in [2.05, 4.69) is 4.98 Å². The van der Waals surface area contributed by atoms with Crippen LogP contribution in [0.25, 0.3) is 5.69 Å². The van der Waals surface area contributed by atoms with Crippen LogP contribution in [-0.2, 0) is 6.18 Å². The molecule has 1 aromatic heterocycles. The molecular formula is C11H7F3N2O2S. The molecule has 0 radical (unpaired) electrons. The molecule has 100 valence electrons. The van der Waals surface area contributed by atoms with E-state index in [1.54, 1.807) is 0 Å². The van der Waals surface area contributed by atoms with Crippen molar-refractivity contribution in [1.29, 1.82) is 0 Å². The van der Waals surface area contributed by atoms with Crippen molar-refractivity contribution in [1.82, 2.24) is 9.55 Å². The minimum atomic E-state index is -4.51. The first-order valence-corrected chi connectivity index (χ1v) is 5.43. The number of benzene rings is 1. The molecule has 0 spiro atoms. The van der Waals surface area contributed by atoms with Crippen LogP contribution in [-0.4, -0.2) is 14.7 Å². The number of nitrogens with zero attached hydrogens (tertiary/aromatic N) is 1. The number of hydrogen-bond acceptors (Lipinski definition) is 3. The average molecular weight is 288 g/mol. The lowest BCUT2D eigenvalue weighted by Crippen LogP contribution is -2.19. The molecule has 0 saturated heterocycles. The summed E-state index contributed by atoms with van der Waals surface area (Å²) in [6.45, 7) is 0. The highest BCUT2D eigenvalue weighted by molar-refractivity contribution is 7.71. The van der Waals surface area contributed by atoms with Gasteiger partial charge in [-0.15, -0.1) is 0 Å². The molecule has 0 amide bonds. The Kier molecular flexibility index (Phi) is 3.19. The Bertz CT molecular complexity index is 702. The highest BCUT2D eigenvalue weighted by Crippen LogP contribution is 2.30. The van der Waals surface area contributed by atoms with Crippen LogP contribution in [0.2, 0.25) is 0 Å². The summed E-state index contributed by atoms with van der Waals surface area (Å²) in [5, 5.41) is 9.13. The van der Waals surface area contributed by atoms with Gasteiger partial charge in [-0.2, -0.15) is 13.2 Å². The van der Waals surface area contributed by atoms with Crippen LogP contribution in [0.4, 0.5) is 13.2 Å². The van der Waals surface area contributed by atoms with Gasteiger partial charge in [0.05, 0.1) is 17.3 Å². The van der Waals surface area contributed by atoms with E-state index in [1.807, 2.05) is 0 Å². The minimum Gasteiger partial charge on any atom is -0.494 e. The molecule has 0 unspecified atom stereocenters.